The van der Waals surface area contributed by atoms with E-state index in [1.807, 2.05) is 0 Å². The topological polar surface area (TPSA) is 102 Å². The number of piperidine rings is 1. The summed E-state index contributed by atoms with van der Waals surface area (Å²) in [5.41, 5.74) is 0.139. The summed E-state index contributed by atoms with van der Waals surface area (Å²) < 4.78 is 36.6. The third kappa shape index (κ3) is 6.17. The molecule has 1 heterocycles. The number of anilines is 1. The average molecular weight is 419 g/mol. The van der Waals surface area contributed by atoms with Crippen LogP contribution in [0.4, 0.5) is 5.69 Å². The Bertz CT molecular complexity index is 778. The van der Waals surface area contributed by atoms with Crippen molar-refractivity contribution < 1.29 is 27.5 Å². The fourth-order valence-corrected chi connectivity index (χ4v) is 4.28. The first-order chi connectivity index (χ1) is 12.8. The number of esters is 1. The molecule has 0 radical (unpaired) electrons. The van der Waals surface area contributed by atoms with Gasteiger partial charge in [-0.05, 0) is 38.0 Å². The first-order valence-corrected chi connectivity index (χ1v) is 10.5. The zero-order valence-electron chi connectivity index (χ0n) is 15.1. The van der Waals surface area contributed by atoms with Gasteiger partial charge in [0.15, 0.2) is 6.61 Å². The number of benzene rings is 1. The molecule has 0 aliphatic carbocycles. The molecule has 2 rings (SSSR count). The van der Waals surface area contributed by atoms with Crippen molar-refractivity contribution in [3.63, 3.8) is 0 Å². The molecule has 1 aromatic carbocycles. The predicted octanol–water partition coefficient (Wildman–Crippen LogP) is 2.03. The van der Waals surface area contributed by atoms with Gasteiger partial charge in [0, 0.05) is 19.7 Å². The van der Waals surface area contributed by atoms with E-state index >= 15 is 0 Å². The molecule has 0 saturated carbocycles. The van der Waals surface area contributed by atoms with Gasteiger partial charge >= 0.3 is 5.97 Å². The van der Waals surface area contributed by atoms with Gasteiger partial charge in [-0.25, -0.2) is 13.2 Å². The summed E-state index contributed by atoms with van der Waals surface area (Å²) >= 11 is 6.06. The van der Waals surface area contributed by atoms with Crippen molar-refractivity contribution in [1.29, 1.82) is 0 Å². The summed E-state index contributed by atoms with van der Waals surface area (Å²) in [5.74, 6) is -1.30. The Balaban J connectivity index is 2.04. The van der Waals surface area contributed by atoms with Crippen LogP contribution in [-0.2, 0) is 29.1 Å². The maximum Gasteiger partial charge on any atom is 0.332 e. The van der Waals surface area contributed by atoms with Crippen LogP contribution < -0.4 is 5.32 Å². The van der Waals surface area contributed by atoms with Gasteiger partial charge in [-0.15, -0.1) is 0 Å². The molecule has 150 valence electrons. The molecule has 1 aliphatic rings. The number of ether oxygens (including phenoxy) is 2. The van der Waals surface area contributed by atoms with Crippen molar-refractivity contribution >= 4 is 39.2 Å². The van der Waals surface area contributed by atoms with Crippen LogP contribution in [0.15, 0.2) is 23.1 Å². The Labute approximate surface area is 163 Å². The number of nitrogens with one attached hydrogen (secondary N) is 1. The average Bonchev–Trinajstić information content (AvgIpc) is 2.67. The van der Waals surface area contributed by atoms with Crippen LogP contribution >= 0.6 is 11.6 Å². The molecule has 8 nitrogen and oxygen atoms in total. The van der Waals surface area contributed by atoms with Crippen molar-refractivity contribution in [1.82, 2.24) is 4.31 Å². The Kier molecular flexibility index (Phi) is 8.03. The van der Waals surface area contributed by atoms with Crippen molar-refractivity contribution in [2.45, 2.75) is 31.1 Å². The molecule has 0 bridgehead atoms. The molecule has 1 amide bonds. The lowest BCUT2D eigenvalue weighted by atomic mass is 10.2. The largest absolute Gasteiger partial charge is 0.454 e. The van der Waals surface area contributed by atoms with Gasteiger partial charge in [0.25, 0.3) is 5.91 Å². The molecular formula is C17H23ClN2O6S. The zero-order chi connectivity index (χ0) is 19.9. The highest BCUT2D eigenvalue weighted by molar-refractivity contribution is 7.89. The summed E-state index contributed by atoms with van der Waals surface area (Å²) in [4.78, 5) is 23.4. The van der Waals surface area contributed by atoms with Crippen LogP contribution in [-0.4, -0.2) is 57.5 Å². The van der Waals surface area contributed by atoms with Gasteiger partial charge in [0.05, 0.1) is 15.6 Å². The lowest BCUT2D eigenvalue weighted by Gasteiger charge is -2.26. The van der Waals surface area contributed by atoms with Gasteiger partial charge in [-0.2, -0.15) is 4.31 Å². The van der Waals surface area contributed by atoms with E-state index in [1.54, 1.807) is 6.92 Å². The van der Waals surface area contributed by atoms with Crippen molar-refractivity contribution in [3.8, 4) is 0 Å². The molecule has 1 saturated heterocycles. The Hall–Kier alpha value is -1.68. The van der Waals surface area contributed by atoms with Crippen LogP contribution in [0, 0.1) is 0 Å². The lowest BCUT2D eigenvalue weighted by Crippen LogP contribution is -2.35. The molecule has 27 heavy (non-hydrogen) atoms. The molecule has 0 aromatic heterocycles. The van der Waals surface area contributed by atoms with E-state index in [9.17, 15) is 18.0 Å². The molecular weight excluding hydrogens is 396 g/mol. The number of hydrogen-bond donors (Lipinski definition) is 1. The highest BCUT2D eigenvalue weighted by atomic mass is 35.5. The summed E-state index contributed by atoms with van der Waals surface area (Å²) in [5, 5.41) is 2.65. The lowest BCUT2D eigenvalue weighted by molar-refractivity contribution is -0.151. The highest BCUT2D eigenvalue weighted by Crippen LogP contribution is 2.28. The minimum Gasteiger partial charge on any atom is -0.454 e. The van der Waals surface area contributed by atoms with Gasteiger partial charge in [-0.1, -0.05) is 18.0 Å². The maximum atomic E-state index is 12.7. The molecule has 1 N–H and O–H groups in total. The van der Waals surface area contributed by atoms with E-state index in [-0.39, 0.29) is 22.2 Å². The van der Waals surface area contributed by atoms with Crippen molar-refractivity contribution in [2.75, 3.05) is 38.2 Å². The smallest absolute Gasteiger partial charge is 0.332 e. The van der Waals surface area contributed by atoms with E-state index in [4.69, 9.17) is 21.1 Å². The third-order valence-electron chi connectivity index (χ3n) is 3.95. The second kappa shape index (κ2) is 10.0. The minimum absolute atomic E-state index is 0.0532. The minimum atomic E-state index is -3.65. The molecule has 0 spiro atoms. The second-order valence-electron chi connectivity index (χ2n) is 5.95. The quantitative estimate of drug-likeness (QED) is 0.648. The fourth-order valence-electron chi connectivity index (χ4n) is 2.57. The van der Waals surface area contributed by atoms with Crippen LogP contribution in [0.2, 0.25) is 5.02 Å². The highest BCUT2D eigenvalue weighted by Gasteiger charge is 2.26. The first kappa shape index (κ1) is 21.6. The molecule has 0 unspecified atom stereocenters. The van der Waals surface area contributed by atoms with Crippen LogP contribution in [0.1, 0.15) is 26.2 Å². The van der Waals surface area contributed by atoms with Crippen LogP contribution in [0.25, 0.3) is 0 Å². The van der Waals surface area contributed by atoms with E-state index < -0.39 is 28.5 Å². The van der Waals surface area contributed by atoms with Gasteiger partial charge in [-0.3, -0.25) is 4.79 Å². The van der Waals surface area contributed by atoms with E-state index in [0.29, 0.717) is 19.7 Å². The number of nitrogens with zero attached hydrogens (tertiary/aromatic N) is 1. The molecule has 0 atom stereocenters. The molecule has 1 aromatic rings. The third-order valence-corrected chi connectivity index (χ3v) is 6.18. The van der Waals surface area contributed by atoms with Crippen molar-refractivity contribution in [3.05, 3.63) is 23.2 Å². The fraction of sp³-hybridized carbons (Fsp3) is 0.529. The summed E-state index contributed by atoms with van der Waals surface area (Å²) in [6, 6.07) is 4.13. The SMILES string of the molecule is CCOCC(=O)OCC(=O)Nc1cc(S(=O)(=O)N2CCCCC2)ccc1Cl. The Morgan fingerprint density at radius 3 is 2.56 bits per heavy atom. The van der Waals surface area contributed by atoms with Gasteiger partial charge < -0.3 is 14.8 Å². The van der Waals surface area contributed by atoms with Gasteiger partial charge in [0.1, 0.15) is 6.61 Å². The van der Waals surface area contributed by atoms with E-state index in [1.165, 1.54) is 22.5 Å². The zero-order valence-corrected chi connectivity index (χ0v) is 16.6. The second-order valence-corrected chi connectivity index (χ2v) is 8.30. The maximum absolute atomic E-state index is 12.7. The monoisotopic (exact) mass is 418 g/mol. The summed E-state index contributed by atoms with van der Waals surface area (Å²) in [6.07, 6.45) is 2.66. The standard InChI is InChI=1S/C17H23ClN2O6S/c1-2-25-12-17(22)26-11-16(21)19-15-10-13(6-7-14(15)18)27(23,24)20-8-4-3-5-9-20/h6-7,10H,2-5,8-9,11-12H2,1H3,(H,19,21). The number of hydrogen-bond acceptors (Lipinski definition) is 6. The molecule has 10 heteroatoms. The van der Waals surface area contributed by atoms with Crippen LogP contribution in [0.5, 0.6) is 0 Å². The first-order valence-electron chi connectivity index (χ1n) is 8.67. The number of carbonyl (C=O) groups excluding carboxylic acids is 2. The Morgan fingerprint density at radius 1 is 1.19 bits per heavy atom. The van der Waals surface area contributed by atoms with Crippen molar-refractivity contribution in [2.24, 2.45) is 0 Å². The summed E-state index contributed by atoms with van der Waals surface area (Å²) in [7, 11) is -3.65. The summed E-state index contributed by atoms with van der Waals surface area (Å²) in [6.45, 7) is 2.27. The number of carbonyl (C=O) groups is 2. The number of rotatable bonds is 8. The molecule has 1 aliphatic heterocycles. The van der Waals surface area contributed by atoms with E-state index in [2.05, 4.69) is 5.32 Å². The normalized spacial score (nSPS) is 15.3. The number of halogens is 1. The number of sulfonamides is 1. The predicted molar refractivity (Wildman–Crippen MR) is 100 cm³/mol. The van der Waals surface area contributed by atoms with E-state index in [0.717, 1.165) is 19.3 Å². The Morgan fingerprint density at radius 2 is 1.89 bits per heavy atom. The molecule has 1 fully saturated rings. The van der Waals surface area contributed by atoms with Gasteiger partial charge in [0.2, 0.25) is 10.0 Å². The van der Waals surface area contributed by atoms with Crippen LogP contribution in [0.3, 0.4) is 0 Å². The number of amides is 1.